The van der Waals surface area contributed by atoms with Crippen molar-refractivity contribution in [3.63, 3.8) is 0 Å². The number of aliphatic carboxylic acids is 1. The van der Waals surface area contributed by atoms with Crippen LogP contribution in [0.3, 0.4) is 0 Å². The minimum Gasteiger partial charge on any atom is -0.479 e. The lowest BCUT2D eigenvalue weighted by atomic mass is 9.97. The molecule has 0 bridgehead atoms. The molecule has 2 aromatic rings. The highest BCUT2D eigenvalue weighted by atomic mass is 16.5. The summed E-state index contributed by atoms with van der Waals surface area (Å²) in [5, 5.41) is 14.7. The number of amides is 2. The topological polar surface area (TPSA) is 114 Å². The molecule has 1 heterocycles. The highest BCUT2D eigenvalue weighted by Gasteiger charge is 2.35. The van der Waals surface area contributed by atoms with Gasteiger partial charge in [0, 0.05) is 24.5 Å². The molecular formula is C26H30N2O6. The first-order valence-corrected chi connectivity index (χ1v) is 11.5. The molecule has 0 saturated carbocycles. The summed E-state index contributed by atoms with van der Waals surface area (Å²) >= 11 is 0. The van der Waals surface area contributed by atoms with Crippen molar-refractivity contribution in [3.05, 3.63) is 59.7 Å². The van der Waals surface area contributed by atoms with Gasteiger partial charge < -0.3 is 25.2 Å². The largest absolute Gasteiger partial charge is 0.479 e. The molecule has 0 spiro atoms. The molecule has 1 aliphatic heterocycles. The lowest BCUT2D eigenvalue weighted by Gasteiger charge is -2.26. The van der Waals surface area contributed by atoms with Crippen LogP contribution in [0.1, 0.15) is 50.2 Å². The van der Waals surface area contributed by atoms with Gasteiger partial charge in [0.25, 0.3) is 0 Å². The number of nitrogens with one attached hydrogen (secondary N) is 2. The van der Waals surface area contributed by atoms with Crippen LogP contribution < -0.4 is 10.6 Å². The molecule has 1 aliphatic carbocycles. The minimum atomic E-state index is -1.08. The van der Waals surface area contributed by atoms with Crippen molar-refractivity contribution >= 4 is 18.0 Å². The van der Waals surface area contributed by atoms with E-state index in [2.05, 4.69) is 34.9 Å². The average molecular weight is 467 g/mol. The van der Waals surface area contributed by atoms with Gasteiger partial charge in [-0.3, -0.25) is 4.79 Å². The smallest absolute Gasteiger partial charge is 0.407 e. The number of hydrogen-bond acceptors (Lipinski definition) is 5. The zero-order chi connectivity index (χ0) is 24.3. The van der Waals surface area contributed by atoms with Gasteiger partial charge in [0.15, 0.2) is 6.10 Å². The number of rotatable bonds is 8. The Balaban J connectivity index is 1.27. The summed E-state index contributed by atoms with van der Waals surface area (Å²) in [5.74, 6) is -1.38. The number of fused-ring (bicyclic) bond motifs is 3. The number of carboxylic acid groups (broad SMARTS) is 1. The highest BCUT2D eigenvalue weighted by Crippen LogP contribution is 2.44. The maximum absolute atomic E-state index is 12.6. The van der Waals surface area contributed by atoms with E-state index in [4.69, 9.17) is 14.6 Å². The van der Waals surface area contributed by atoms with Crippen molar-refractivity contribution in [3.8, 4) is 11.1 Å². The van der Waals surface area contributed by atoms with E-state index in [0.717, 1.165) is 22.3 Å². The number of carbonyl (C=O) groups excluding carboxylic acids is 2. The second-order valence-corrected chi connectivity index (χ2v) is 9.43. The molecule has 1 saturated heterocycles. The quantitative estimate of drug-likeness (QED) is 0.549. The molecule has 4 rings (SSSR count). The second kappa shape index (κ2) is 9.85. The normalized spacial score (nSPS) is 19.2. The van der Waals surface area contributed by atoms with Gasteiger partial charge in [-0.25, -0.2) is 9.59 Å². The molecule has 1 fully saturated rings. The number of benzene rings is 2. The molecular weight excluding hydrogens is 436 g/mol. The molecule has 8 heteroatoms. The Labute approximate surface area is 198 Å². The van der Waals surface area contributed by atoms with E-state index in [1.807, 2.05) is 38.1 Å². The summed E-state index contributed by atoms with van der Waals surface area (Å²) in [4.78, 5) is 36.1. The van der Waals surface area contributed by atoms with Crippen LogP contribution in [0.5, 0.6) is 0 Å². The Morgan fingerprint density at radius 2 is 1.68 bits per heavy atom. The van der Waals surface area contributed by atoms with E-state index in [9.17, 15) is 14.4 Å². The van der Waals surface area contributed by atoms with E-state index < -0.39 is 29.7 Å². The Bertz CT molecular complexity index is 1040. The molecule has 0 radical (unpaired) electrons. The molecule has 2 aliphatic rings. The Kier molecular flexibility index (Phi) is 6.88. The highest BCUT2D eigenvalue weighted by molar-refractivity contribution is 5.80. The summed E-state index contributed by atoms with van der Waals surface area (Å²) in [6.07, 6.45) is -0.587. The van der Waals surface area contributed by atoms with E-state index in [1.165, 1.54) is 0 Å². The zero-order valence-corrected chi connectivity index (χ0v) is 19.4. The number of carbonyl (C=O) groups is 3. The van der Waals surface area contributed by atoms with Crippen molar-refractivity contribution in [1.29, 1.82) is 0 Å². The second-order valence-electron chi connectivity index (χ2n) is 9.43. The van der Waals surface area contributed by atoms with Gasteiger partial charge in [-0.2, -0.15) is 0 Å². The fourth-order valence-electron chi connectivity index (χ4n) is 4.66. The third-order valence-corrected chi connectivity index (χ3v) is 6.44. The lowest BCUT2D eigenvalue weighted by Crippen LogP contribution is -2.47. The number of ether oxygens (including phenoxy) is 2. The van der Waals surface area contributed by atoms with Crippen molar-refractivity contribution in [2.75, 3.05) is 13.2 Å². The molecule has 180 valence electrons. The van der Waals surface area contributed by atoms with E-state index in [-0.39, 0.29) is 24.9 Å². The molecule has 0 aromatic heterocycles. The fourth-order valence-corrected chi connectivity index (χ4v) is 4.66. The summed E-state index contributed by atoms with van der Waals surface area (Å²) < 4.78 is 10.7. The first-order valence-electron chi connectivity index (χ1n) is 11.5. The minimum absolute atomic E-state index is 0.0251. The Hall–Kier alpha value is -3.39. The van der Waals surface area contributed by atoms with Crippen molar-refractivity contribution in [2.45, 2.75) is 56.7 Å². The number of hydrogen-bond donors (Lipinski definition) is 3. The van der Waals surface area contributed by atoms with E-state index in [0.29, 0.717) is 19.4 Å². The molecule has 2 atom stereocenters. The van der Waals surface area contributed by atoms with Crippen molar-refractivity contribution in [1.82, 2.24) is 10.6 Å². The third kappa shape index (κ3) is 5.22. The maximum atomic E-state index is 12.6. The maximum Gasteiger partial charge on any atom is 0.407 e. The van der Waals surface area contributed by atoms with Crippen LogP contribution in [0.15, 0.2) is 48.5 Å². The van der Waals surface area contributed by atoms with Gasteiger partial charge in [0.1, 0.15) is 6.61 Å². The molecule has 3 N–H and O–H groups in total. The zero-order valence-electron chi connectivity index (χ0n) is 19.4. The summed E-state index contributed by atoms with van der Waals surface area (Å²) in [7, 11) is 0. The molecule has 2 aromatic carbocycles. The Morgan fingerprint density at radius 1 is 1.06 bits per heavy atom. The van der Waals surface area contributed by atoms with Crippen molar-refractivity contribution < 1.29 is 29.0 Å². The van der Waals surface area contributed by atoms with Gasteiger partial charge in [0.2, 0.25) is 5.91 Å². The molecule has 0 unspecified atom stereocenters. The van der Waals surface area contributed by atoms with Gasteiger partial charge in [-0.1, -0.05) is 48.5 Å². The van der Waals surface area contributed by atoms with Crippen LogP contribution in [0.2, 0.25) is 0 Å². The molecule has 2 amide bonds. The van der Waals surface area contributed by atoms with Crippen LogP contribution in [-0.2, 0) is 19.1 Å². The SMILES string of the molecule is CC(C)(CCC(=O)N[C@H]1CCO[C@H]1C(=O)O)NC(=O)OCC1c2ccccc2-c2ccccc21. The van der Waals surface area contributed by atoms with Crippen LogP contribution in [-0.4, -0.2) is 54.0 Å². The fraction of sp³-hybridized carbons (Fsp3) is 0.423. The summed E-state index contributed by atoms with van der Waals surface area (Å²) in [6, 6.07) is 15.7. The Morgan fingerprint density at radius 3 is 2.29 bits per heavy atom. The first kappa shape index (κ1) is 23.8. The standard InChI is InChI=1S/C26H30N2O6/c1-26(2,13-11-22(29)27-21-12-14-33-23(21)24(30)31)28-25(32)34-15-20-18-9-5-3-7-16(18)17-8-4-6-10-19(17)20/h3-10,20-21,23H,11-15H2,1-2H3,(H,27,29)(H,28,32)(H,30,31)/t21-,23+/m0/s1. The van der Waals surface area contributed by atoms with Crippen LogP contribution >= 0.6 is 0 Å². The average Bonchev–Trinajstić information content (AvgIpc) is 3.39. The predicted octanol–water partition coefficient (Wildman–Crippen LogP) is 3.44. The van der Waals surface area contributed by atoms with Gasteiger partial charge >= 0.3 is 12.1 Å². The van der Waals surface area contributed by atoms with E-state index >= 15 is 0 Å². The summed E-state index contributed by atoms with van der Waals surface area (Å²) in [6.45, 7) is 4.16. The molecule has 34 heavy (non-hydrogen) atoms. The first-order chi connectivity index (χ1) is 16.2. The van der Waals surface area contributed by atoms with Crippen LogP contribution in [0.25, 0.3) is 11.1 Å². The van der Waals surface area contributed by atoms with Crippen molar-refractivity contribution in [2.24, 2.45) is 0 Å². The molecule has 8 nitrogen and oxygen atoms in total. The van der Waals surface area contributed by atoms with Gasteiger partial charge in [0.05, 0.1) is 6.04 Å². The van der Waals surface area contributed by atoms with Gasteiger partial charge in [-0.05, 0) is 48.9 Å². The van der Waals surface area contributed by atoms with Gasteiger partial charge in [-0.15, -0.1) is 0 Å². The summed E-state index contributed by atoms with van der Waals surface area (Å²) in [5.41, 5.74) is 3.93. The predicted molar refractivity (Wildman–Crippen MR) is 125 cm³/mol. The van der Waals surface area contributed by atoms with Crippen LogP contribution in [0, 0.1) is 0 Å². The lowest BCUT2D eigenvalue weighted by molar-refractivity contribution is -0.148. The number of carboxylic acids is 1. The monoisotopic (exact) mass is 466 g/mol. The third-order valence-electron chi connectivity index (χ3n) is 6.44. The van der Waals surface area contributed by atoms with Crippen LogP contribution in [0.4, 0.5) is 4.79 Å². The van der Waals surface area contributed by atoms with E-state index in [1.54, 1.807) is 0 Å². The number of alkyl carbamates (subject to hydrolysis) is 1.